The van der Waals surface area contributed by atoms with Crippen molar-refractivity contribution in [2.24, 2.45) is 0 Å². The minimum Gasteiger partial charge on any atom is -0.394 e. The molecule has 3 nitrogen and oxygen atoms in total. The maximum atomic E-state index is 10.1. The van der Waals surface area contributed by atoms with E-state index in [1.807, 2.05) is 0 Å². The largest absolute Gasteiger partial charge is 0.394 e. The lowest BCUT2D eigenvalue weighted by Gasteiger charge is -2.35. The molecule has 0 bridgehead atoms. The van der Waals surface area contributed by atoms with Crippen molar-refractivity contribution in [2.45, 2.75) is 6.04 Å². The Balaban J connectivity index is 0.00000169. The molecule has 0 aromatic heterocycles. The van der Waals surface area contributed by atoms with Crippen LogP contribution in [0.5, 0.6) is 0 Å². The molecular weight excluding hydrogens is 320 g/mol. The maximum absolute atomic E-state index is 10.1. The molecule has 1 aliphatic rings. The first-order valence-electron chi connectivity index (χ1n) is 8.34. The molecule has 1 saturated heterocycles. The Kier molecular flexibility index (Phi) is 5.36. The number of piperazine rings is 1. The average molecular weight is 343 g/mol. The number of hydrogen-bond acceptors (Lipinski definition) is 3. The molecule has 0 aliphatic carbocycles. The summed E-state index contributed by atoms with van der Waals surface area (Å²) in [6, 6.07) is 19.4. The molecule has 4 rings (SSSR count). The summed E-state index contributed by atoms with van der Waals surface area (Å²) in [7, 11) is 0. The normalized spacial score (nSPS) is 16.9. The third-order valence-electron chi connectivity index (χ3n) is 4.92. The van der Waals surface area contributed by atoms with Crippen LogP contribution in [-0.4, -0.2) is 42.8 Å². The molecule has 4 heteroatoms. The van der Waals surface area contributed by atoms with Gasteiger partial charge in [0.25, 0.3) is 0 Å². The summed E-state index contributed by atoms with van der Waals surface area (Å²) < 4.78 is 0. The van der Waals surface area contributed by atoms with Crippen LogP contribution in [0.25, 0.3) is 21.5 Å². The van der Waals surface area contributed by atoms with Gasteiger partial charge in [-0.05, 0) is 33.2 Å². The Labute approximate surface area is 148 Å². The number of fused-ring (bicyclic) bond motifs is 3. The Morgan fingerprint density at radius 1 is 0.917 bits per heavy atom. The topological polar surface area (TPSA) is 35.5 Å². The molecule has 1 atom stereocenters. The summed E-state index contributed by atoms with van der Waals surface area (Å²) in [5.41, 5.74) is 1.24. The van der Waals surface area contributed by atoms with Gasteiger partial charge in [0.1, 0.15) is 0 Å². The Hall–Kier alpha value is -1.65. The number of aliphatic hydroxyl groups is 1. The van der Waals surface area contributed by atoms with Crippen LogP contribution in [0, 0.1) is 0 Å². The number of benzene rings is 3. The van der Waals surface area contributed by atoms with E-state index in [-0.39, 0.29) is 25.1 Å². The zero-order chi connectivity index (χ0) is 15.6. The highest BCUT2D eigenvalue weighted by Crippen LogP contribution is 2.34. The van der Waals surface area contributed by atoms with Gasteiger partial charge in [-0.2, -0.15) is 0 Å². The summed E-state index contributed by atoms with van der Waals surface area (Å²) in [6.45, 7) is 4.09. The zero-order valence-electron chi connectivity index (χ0n) is 13.6. The van der Waals surface area contributed by atoms with Crippen LogP contribution >= 0.6 is 12.4 Å². The lowest BCUT2D eigenvalue weighted by Crippen LogP contribution is -2.46. The van der Waals surface area contributed by atoms with Gasteiger partial charge in [-0.3, -0.25) is 4.90 Å². The van der Waals surface area contributed by atoms with E-state index < -0.39 is 0 Å². The molecule has 0 spiro atoms. The van der Waals surface area contributed by atoms with Crippen molar-refractivity contribution in [2.75, 3.05) is 32.8 Å². The van der Waals surface area contributed by atoms with Crippen molar-refractivity contribution in [1.82, 2.24) is 10.2 Å². The fourth-order valence-electron chi connectivity index (χ4n) is 3.76. The number of nitrogens with zero attached hydrogens (tertiary/aromatic N) is 1. The van der Waals surface area contributed by atoms with E-state index in [4.69, 9.17) is 0 Å². The third-order valence-corrected chi connectivity index (χ3v) is 4.92. The predicted molar refractivity (Wildman–Crippen MR) is 103 cm³/mol. The van der Waals surface area contributed by atoms with Gasteiger partial charge in [0.15, 0.2) is 0 Å². The van der Waals surface area contributed by atoms with E-state index in [0.29, 0.717) is 0 Å². The number of hydrogen-bond donors (Lipinski definition) is 2. The number of halogens is 1. The minimum absolute atomic E-state index is 0. The summed E-state index contributed by atoms with van der Waals surface area (Å²) in [5, 5.41) is 18.5. The van der Waals surface area contributed by atoms with Gasteiger partial charge in [0, 0.05) is 26.2 Å². The van der Waals surface area contributed by atoms with Crippen LogP contribution in [-0.2, 0) is 0 Å². The predicted octanol–water partition coefficient (Wildman–Crippen LogP) is 3.35. The Morgan fingerprint density at radius 3 is 2.25 bits per heavy atom. The Morgan fingerprint density at radius 2 is 1.54 bits per heavy atom. The molecule has 0 saturated carbocycles. The maximum Gasteiger partial charge on any atom is 0.0628 e. The summed E-state index contributed by atoms with van der Waals surface area (Å²) in [4.78, 5) is 2.40. The highest BCUT2D eigenvalue weighted by atomic mass is 35.5. The molecule has 1 aliphatic heterocycles. The molecule has 0 radical (unpaired) electrons. The van der Waals surface area contributed by atoms with Crippen LogP contribution in [0.4, 0.5) is 0 Å². The molecule has 2 N–H and O–H groups in total. The van der Waals surface area contributed by atoms with E-state index in [1.54, 1.807) is 0 Å². The van der Waals surface area contributed by atoms with Crippen LogP contribution in [0.1, 0.15) is 11.6 Å². The van der Waals surface area contributed by atoms with Crippen LogP contribution in [0.2, 0.25) is 0 Å². The zero-order valence-corrected chi connectivity index (χ0v) is 14.4. The van der Waals surface area contributed by atoms with Crippen molar-refractivity contribution in [3.05, 3.63) is 60.2 Å². The molecule has 3 aromatic rings. The fourth-order valence-corrected chi connectivity index (χ4v) is 3.76. The standard InChI is InChI=1S/C20H22N2O.ClH/c23-14-20(22-11-9-21-10-12-22)19-13-15-5-1-2-6-16(15)17-7-3-4-8-18(17)19;/h1-8,13,20-21,23H,9-12,14H2;1H/t20-;/m0./s1. The van der Waals surface area contributed by atoms with Gasteiger partial charge in [-0.25, -0.2) is 0 Å². The number of aliphatic hydroxyl groups excluding tert-OH is 1. The van der Waals surface area contributed by atoms with Gasteiger partial charge in [0.2, 0.25) is 0 Å². The van der Waals surface area contributed by atoms with Crippen molar-refractivity contribution in [3.63, 3.8) is 0 Å². The second kappa shape index (κ2) is 7.49. The SMILES string of the molecule is Cl.OC[C@@H](c1cc2ccccc2c2ccccc12)N1CCNCC1. The number of nitrogens with one attached hydrogen (secondary N) is 1. The van der Waals surface area contributed by atoms with Gasteiger partial charge in [-0.1, -0.05) is 48.5 Å². The van der Waals surface area contributed by atoms with Crippen LogP contribution < -0.4 is 5.32 Å². The summed E-state index contributed by atoms with van der Waals surface area (Å²) >= 11 is 0. The fraction of sp³-hybridized carbons (Fsp3) is 0.300. The second-order valence-electron chi connectivity index (χ2n) is 6.22. The Bertz CT molecular complexity index is 830. The van der Waals surface area contributed by atoms with E-state index in [9.17, 15) is 5.11 Å². The van der Waals surface area contributed by atoms with Gasteiger partial charge in [0.05, 0.1) is 12.6 Å². The molecule has 1 heterocycles. The first-order chi connectivity index (χ1) is 11.4. The van der Waals surface area contributed by atoms with E-state index in [2.05, 4.69) is 64.8 Å². The van der Waals surface area contributed by atoms with Gasteiger partial charge in [-0.15, -0.1) is 12.4 Å². The highest BCUT2D eigenvalue weighted by molar-refractivity contribution is 6.09. The van der Waals surface area contributed by atoms with Crippen molar-refractivity contribution in [1.29, 1.82) is 0 Å². The van der Waals surface area contributed by atoms with Crippen molar-refractivity contribution < 1.29 is 5.11 Å². The van der Waals surface area contributed by atoms with Gasteiger partial charge >= 0.3 is 0 Å². The molecule has 0 amide bonds. The van der Waals surface area contributed by atoms with Crippen LogP contribution in [0.15, 0.2) is 54.6 Å². The van der Waals surface area contributed by atoms with E-state index in [0.717, 1.165) is 26.2 Å². The molecular formula is C20H23ClN2O. The molecule has 0 unspecified atom stereocenters. The molecule has 126 valence electrons. The monoisotopic (exact) mass is 342 g/mol. The van der Waals surface area contributed by atoms with Crippen molar-refractivity contribution >= 4 is 34.0 Å². The second-order valence-corrected chi connectivity index (χ2v) is 6.22. The van der Waals surface area contributed by atoms with Crippen molar-refractivity contribution in [3.8, 4) is 0 Å². The van der Waals surface area contributed by atoms with E-state index >= 15 is 0 Å². The molecule has 1 fully saturated rings. The minimum atomic E-state index is 0. The lowest BCUT2D eigenvalue weighted by atomic mass is 9.93. The first-order valence-corrected chi connectivity index (χ1v) is 8.34. The average Bonchev–Trinajstić information content (AvgIpc) is 2.63. The quantitative estimate of drug-likeness (QED) is 0.716. The summed E-state index contributed by atoms with van der Waals surface area (Å²) in [6.07, 6.45) is 0. The first kappa shape index (κ1) is 17.2. The van der Waals surface area contributed by atoms with Crippen LogP contribution in [0.3, 0.4) is 0 Å². The third kappa shape index (κ3) is 3.01. The highest BCUT2D eigenvalue weighted by Gasteiger charge is 2.23. The smallest absolute Gasteiger partial charge is 0.0628 e. The molecule has 24 heavy (non-hydrogen) atoms. The molecule has 3 aromatic carbocycles. The van der Waals surface area contributed by atoms with Gasteiger partial charge < -0.3 is 10.4 Å². The van der Waals surface area contributed by atoms with E-state index in [1.165, 1.54) is 27.1 Å². The summed E-state index contributed by atoms with van der Waals surface area (Å²) in [5.74, 6) is 0. The lowest BCUT2D eigenvalue weighted by molar-refractivity contribution is 0.112. The number of rotatable bonds is 3.